The molecular formula is C21H24N4O4S. The lowest BCUT2D eigenvalue weighted by atomic mass is 10.1. The van der Waals surface area contributed by atoms with Gasteiger partial charge in [-0.15, -0.1) is 16.4 Å². The van der Waals surface area contributed by atoms with E-state index >= 15 is 0 Å². The summed E-state index contributed by atoms with van der Waals surface area (Å²) >= 11 is 1.57. The number of hydrogen-bond acceptors (Lipinski definition) is 6. The minimum atomic E-state index is -0.129. The molecule has 158 valence electrons. The Morgan fingerprint density at radius 1 is 1.23 bits per heavy atom. The van der Waals surface area contributed by atoms with Crippen molar-refractivity contribution in [2.24, 2.45) is 0 Å². The van der Waals surface area contributed by atoms with Gasteiger partial charge in [0.2, 0.25) is 5.91 Å². The molecule has 0 radical (unpaired) electrons. The van der Waals surface area contributed by atoms with Crippen molar-refractivity contribution in [1.82, 2.24) is 19.7 Å². The molecule has 0 saturated heterocycles. The van der Waals surface area contributed by atoms with Crippen LogP contribution in [0.3, 0.4) is 0 Å². The molecule has 4 rings (SSSR count). The van der Waals surface area contributed by atoms with Crippen LogP contribution in [0.4, 0.5) is 0 Å². The first-order chi connectivity index (χ1) is 14.6. The highest BCUT2D eigenvalue weighted by atomic mass is 32.1. The summed E-state index contributed by atoms with van der Waals surface area (Å²) in [6.45, 7) is 0.659. The largest absolute Gasteiger partial charge is 0.493 e. The first-order valence-electron chi connectivity index (χ1n) is 9.81. The number of aromatic nitrogens is 3. The molecule has 2 aromatic heterocycles. The van der Waals surface area contributed by atoms with E-state index in [0.717, 1.165) is 23.3 Å². The molecule has 0 atom stereocenters. The number of nitrogens with one attached hydrogen (secondary N) is 1. The number of carbonyl (C=O) groups excluding carboxylic acids is 1. The van der Waals surface area contributed by atoms with Crippen LogP contribution in [0.15, 0.2) is 40.5 Å². The number of methoxy groups -OCH3 is 2. The topological polar surface area (TPSA) is 87.4 Å². The van der Waals surface area contributed by atoms with Crippen molar-refractivity contribution in [2.45, 2.75) is 31.8 Å². The second-order valence-corrected chi connectivity index (χ2v) is 8.07. The monoisotopic (exact) mass is 428 g/mol. The molecule has 2 heterocycles. The fourth-order valence-corrected chi connectivity index (χ4v) is 4.05. The third-order valence-corrected chi connectivity index (χ3v) is 5.85. The van der Waals surface area contributed by atoms with Gasteiger partial charge in [-0.2, -0.15) is 0 Å². The number of carbonyl (C=O) groups is 1. The summed E-state index contributed by atoms with van der Waals surface area (Å²) in [5.74, 6) is 1.79. The number of rotatable bonds is 9. The zero-order valence-electron chi connectivity index (χ0n) is 17.0. The van der Waals surface area contributed by atoms with Crippen LogP contribution < -0.4 is 20.5 Å². The number of amides is 1. The van der Waals surface area contributed by atoms with Crippen molar-refractivity contribution in [3.8, 4) is 22.2 Å². The first-order valence-corrected chi connectivity index (χ1v) is 10.7. The van der Waals surface area contributed by atoms with Gasteiger partial charge in [0.15, 0.2) is 17.3 Å². The van der Waals surface area contributed by atoms with Crippen LogP contribution in [0.2, 0.25) is 0 Å². The minimum Gasteiger partial charge on any atom is -0.493 e. The standard InChI is InChI=1S/C21H24N4O4S/c1-28-16-8-5-14(12-17(16)29-2)13-19(26)22-9-10-24-21(27)25(15-6-7-15)20(23-24)18-4-3-11-30-18/h3-5,8,11-12,15H,6-7,9-10,13H2,1-2H3,(H,22,26). The molecule has 3 aromatic rings. The normalized spacial score (nSPS) is 13.3. The maximum Gasteiger partial charge on any atom is 0.346 e. The van der Waals surface area contributed by atoms with Gasteiger partial charge in [-0.3, -0.25) is 9.36 Å². The molecule has 8 nitrogen and oxygen atoms in total. The lowest BCUT2D eigenvalue weighted by molar-refractivity contribution is -0.120. The van der Waals surface area contributed by atoms with Crippen LogP contribution in [0.5, 0.6) is 11.5 Å². The quantitative estimate of drug-likeness (QED) is 0.566. The zero-order chi connectivity index (χ0) is 21.1. The molecule has 0 aliphatic heterocycles. The second kappa shape index (κ2) is 8.74. The van der Waals surface area contributed by atoms with Crippen molar-refractivity contribution in [2.75, 3.05) is 20.8 Å². The van der Waals surface area contributed by atoms with Crippen LogP contribution in [0.25, 0.3) is 10.7 Å². The van der Waals surface area contributed by atoms with E-state index in [1.54, 1.807) is 42.3 Å². The molecule has 9 heteroatoms. The molecule has 1 aliphatic carbocycles. The number of thiophene rings is 1. The molecule has 1 aromatic carbocycles. The molecule has 1 N–H and O–H groups in total. The van der Waals surface area contributed by atoms with Gasteiger partial charge in [-0.05, 0) is 42.0 Å². The van der Waals surface area contributed by atoms with Gasteiger partial charge in [0, 0.05) is 12.6 Å². The molecule has 1 saturated carbocycles. The summed E-state index contributed by atoms with van der Waals surface area (Å²) in [5, 5.41) is 9.37. The summed E-state index contributed by atoms with van der Waals surface area (Å²) in [6, 6.07) is 9.56. The molecule has 0 unspecified atom stereocenters. The van der Waals surface area contributed by atoms with E-state index in [2.05, 4.69) is 10.4 Å². The first kappa shape index (κ1) is 20.2. The average molecular weight is 429 g/mol. The predicted octanol–water partition coefficient (Wildman–Crippen LogP) is 2.48. The van der Waals surface area contributed by atoms with Crippen molar-refractivity contribution in [3.05, 3.63) is 51.8 Å². The summed E-state index contributed by atoms with van der Waals surface area (Å²) in [6.07, 6.45) is 2.23. The summed E-state index contributed by atoms with van der Waals surface area (Å²) in [4.78, 5) is 26.1. The SMILES string of the molecule is COc1ccc(CC(=O)NCCn2nc(-c3cccs3)n(C3CC3)c2=O)cc1OC. The third kappa shape index (κ3) is 4.25. The van der Waals surface area contributed by atoms with Crippen LogP contribution >= 0.6 is 11.3 Å². The van der Waals surface area contributed by atoms with Crippen molar-refractivity contribution in [1.29, 1.82) is 0 Å². The molecule has 30 heavy (non-hydrogen) atoms. The Morgan fingerprint density at radius 3 is 2.70 bits per heavy atom. The van der Waals surface area contributed by atoms with E-state index < -0.39 is 0 Å². The van der Waals surface area contributed by atoms with Gasteiger partial charge in [-0.25, -0.2) is 9.48 Å². The minimum absolute atomic E-state index is 0.116. The zero-order valence-corrected chi connectivity index (χ0v) is 17.8. The van der Waals surface area contributed by atoms with Gasteiger partial charge in [0.25, 0.3) is 0 Å². The molecule has 1 aliphatic rings. The lowest BCUT2D eigenvalue weighted by Gasteiger charge is -2.10. The van der Waals surface area contributed by atoms with Gasteiger partial charge < -0.3 is 14.8 Å². The highest BCUT2D eigenvalue weighted by Crippen LogP contribution is 2.37. The maximum atomic E-state index is 12.8. The summed E-state index contributed by atoms with van der Waals surface area (Å²) in [5.41, 5.74) is 0.704. The molecule has 1 fully saturated rings. The van der Waals surface area contributed by atoms with E-state index in [0.29, 0.717) is 30.4 Å². The lowest BCUT2D eigenvalue weighted by Crippen LogP contribution is -2.32. The third-order valence-electron chi connectivity index (χ3n) is 4.98. The summed E-state index contributed by atoms with van der Waals surface area (Å²) < 4.78 is 13.7. The highest BCUT2D eigenvalue weighted by molar-refractivity contribution is 7.13. The van der Waals surface area contributed by atoms with Gasteiger partial charge in [-0.1, -0.05) is 12.1 Å². The van der Waals surface area contributed by atoms with Gasteiger partial charge in [0.1, 0.15) is 0 Å². The highest BCUT2D eigenvalue weighted by Gasteiger charge is 2.30. The Bertz CT molecular complexity index is 1080. The van der Waals surface area contributed by atoms with E-state index in [1.165, 1.54) is 4.68 Å². The fraction of sp³-hybridized carbons (Fsp3) is 0.381. The smallest absolute Gasteiger partial charge is 0.346 e. The van der Waals surface area contributed by atoms with Crippen molar-refractivity contribution >= 4 is 17.2 Å². The molecule has 0 spiro atoms. The molecular weight excluding hydrogens is 404 g/mol. The number of ether oxygens (including phenoxy) is 2. The number of benzene rings is 1. The predicted molar refractivity (Wildman–Crippen MR) is 114 cm³/mol. The van der Waals surface area contributed by atoms with Crippen LogP contribution in [0, 0.1) is 0 Å². The fourth-order valence-electron chi connectivity index (χ4n) is 3.34. The average Bonchev–Trinajstić information content (AvgIpc) is 3.32. The Morgan fingerprint density at radius 2 is 2.03 bits per heavy atom. The van der Waals surface area contributed by atoms with Crippen LogP contribution in [0.1, 0.15) is 24.4 Å². The van der Waals surface area contributed by atoms with Gasteiger partial charge in [0.05, 0.1) is 32.1 Å². The van der Waals surface area contributed by atoms with E-state index in [-0.39, 0.29) is 24.1 Å². The summed E-state index contributed by atoms with van der Waals surface area (Å²) in [7, 11) is 3.13. The molecule has 1 amide bonds. The van der Waals surface area contributed by atoms with E-state index in [1.807, 2.05) is 23.6 Å². The number of nitrogens with zero attached hydrogens (tertiary/aromatic N) is 3. The van der Waals surface area contributed by atoms with Crippen LogP contribution in [-0.2, 0) is 17.8 Å². The Balaban J connectivity index is 1.38. The van der Waals surface area contributed by atoms with E-state index in [9.17, 15) is 9.59 Å². The van der Waals surface area contributed by atoms with Gasteiger partial charge >= 0.3 is 5.69 Å². The van der Waals surface area contributed by atoms with Crippen molar-refractivity contribution < 1.29 is 14.3 Å². The van der Waals surface area contributed by atoms with Crippen molar-refractivity contribution in [3.63, 3.8) is 0 Å². The Hall–Kier alpha value is -3.07. The second-order valence-electron chi connectivity index (χ2n) is 7.12. The molecule has 0 bridgehead atoms. The Kier molecular flexibility index (Phi) is 5.89. The maximum absolute atomic E-state index is 12.8. The Labute approximate surface area is 178 Å². The van der Waals surface area contributed by atoms with E-state index in [4.69, 9.17) is 9.47 Å². The number of hydrogen-bond donors (Lipinski definition) is 1. The van der Waals surface area contributed by atoms with Crippen LogP contribution in [-0.4, -0.2) is 41.0 Å².